The van der Waals surface area contributed by atoms with Crippen molar-refractivity contribution in [3.63, 3.8) is 0 Å². The summed E-state index contributed by atoms with van der Waals surface area (Å²) in [4.78, 5) is 18.5. The van der Waals surface area contributed by atoms with Crippen molar-refractivity contribution in [1.82, 2.24) is 14.5 Å². The number of hydrogen-bond donors (Lipinski definition) is 1. The van der Waals surface area contributed by atoms with E-state index in [1.807, 2.05) is 33.7 Å². The Balaban J connectivity index is 1.56. The lowest BCUT2D eigenvalue weighted by atomic mass is 9.98. The second kappa shape index (κ2) is 6.26. The number of nitrogens with zero attached hydrogens (tertiary/aromatic N) is 3. The van der Waals surface area contributed by atoms with E-state index in [2.05, 4.69) is 4.98 Å². The second-order valence-corrected chi connectivity index (χ2v) is 5.68. The first-order chi connectivity index (χ1) is 10.3. The van der Waals surface area contributed by atoms with Crippen LogP contribution in [0.15, 0.2) is 30.6 Å². The molecule has 21 heavy (non-hydrogen) atoms. The van der Waals surface area contributed by atoms with Crippen LogP contribution in [0.1, 0.15) is 19.3 Å². The molecule has 1 N–H and O–H groups in total. The quantitative estimate of drug-likeness (QED) is 0.930. The molecule has 5 heteroatoms. The SMILES string of the molecule is O=C(CCn1cnc2ccccc21)N1CCC(CO)CC1. The number of para-hydroxylation sites is 2. The van der Waals surface area contributed by atoms with Crippen molar-refractivity contribution in [3.8, 4) is 0 Å². The second-order valence-electron chi connectivity index (χ2n) is 5.68. The third-order valence-electron chi connectivity index (χ3n) is 4.32. The fourth-order valence-corrected chi connectivity index (χ4v) is 2.93. The van der Waals surface area contributed by atoms with E-state index in [9.17, 15) is 4.79 Å². The molecule has 3 rings (SSSR count). The number of aliphatic hydroxyl groups is 1. The van der Waals surface area contributed by atoms with Crippen LogP contribution in [-0.2, 0) is 11.3 Å². The third kappa shape index (κ3) is 3.08. The predicted molar refractivity (Wildman–Crippen MR) is 80.7 cm³/mol. The lowest BCUT2D eigenvalue weighted by molar-refractivity contribution is -0.133. The Morgan fingerprint density at radius 2 is 2.05 bits per heavy atom. The Bertz CT molecular complexity index is 615. The molecule has 0 bridgehead atoms. The van der Waals surface area contributed by atoms with E-state index in [0.717, 1.165) is 37.0 Å². The van der Waals surface area contributed by atoms with Gasteiger partial charge in [-0.3, -0.25) is 4.79 Å². The molecule has 0 aliphatic carbocycles. The number of benzene rings is 1. The minimum Gasteiger partial charge on any atom is -0.396 e. The van der Waals surface area contributed by atoms with Gasteiger partial charge in [0.25, 0.3) is 0 Å². The Morgan fingerprint density at radius 3 is 2.81 bits per heavy atom. The van der Waals surface area contributed by atoms with E-state index in [1.165, 1.54) is 0 Å². The molecule has 1 amide bonds. The molecular weight excluding hydrogens is 266 g/mol. The van der Waals surface area contributed by atoms with Gasteiger partial charge in [-0.2, -0.15) is 0 Å². The molecule has 1 aromatic heterocycles. The number of piperidine rings is 1. The van der Waals surface area contributed by atoms with E-state index in [-0.39, 0.29) is 12.5 Å². The molecule has 1 aliphatic rings. The number of likely N-dealkylation sites (tertiary alicyclic amines) is 1. The number of aryl methyl sites for hydroxylation is 1. The maximum absolute atomic E-state index is 12.3. The summed E-state index contributed by atoms with van der Waals surface area (Å²) in [6.07, 6.45) is 4.13. The first-order valence-corrected chi connectivity index (χ1v) is 7.56. The van der Waals surface area contributed by atoms with Crippen molar-refractivity contribution in [1.29, 1.82) is 0 Å². The van der Waals surface area contributed by atoms with Crippen molar-refractivity contribution in [2.75, 3.05) is 19.7 Å². The normalized spacial score (nSPS) is 16.5. The van der Waals surface area contributed by atoms with Crippen LogP contribution in [0, 0.1) is 5.92 Å². The van der Waals surface area contributed by atoms with Gasteiger partial charge in [-0.25, -0.2) is 4.98 Å². The number of carbonyl (C=O) groups is 1. The topological polar surface area (TPSA) is 58.4 Å². The Labute approximate surface area is 124 Å². The average molecular weight is 287 g/mol. The standard InChI is InChI=1S/C16H21N3O2/c20-11-13-5-8-18(9-6-13)16(21)7-10-19-12-17-14-3-1-2-4-15(14)19/h1-4,12-13,20H,5-11H2. The fraction of sp³-hybridized carbons (Fsp3) is 0.500. The molecule has 2 aromatic rings. The molecule has 5 nitrogen and oxygen atoms in total. The minimum atomic E-state index is 0.198. The van der Waals surface area contributed by atoms with E-state index in [4.69, 9.17) is 5.11 Å². The van der Waals surface area contributed by atoms with Crippen molar-refractivity contribution in [2.45, 2.75) is 25.8 Å². The highest BCUT2D eigenvalue weighted by Gasteiger charge is 2.21. The van der Waals surface area contributed by atoms with Crippen LogP contribution in [0.2, 0.25) is 0 Å². The molecule has 0 saturated carbocycles. The molecule has 0 atom stereocenters. The smallest absolute Gasteiger partial charge is 0.224 e. The highest BCUT2D eigenvalue weighted by Crippen LogP contribution is 2.18. The summed E-state index contributed by atoms with van der Waals surface area (Å²) in [6.45, 7) is 2.45. The number of imidazole rings is 1. The minimum absolute atomic E-state index is 0.198. The van der Waals surface area contributed by atoms with Gasteiger partial charge in [0, 0.05) is 32.7 Å². The number of fused-ring (bicyclic) bond motifs is 1. The van der Waals surface area contributed by atoms with Crippen LogP contribution >= 0.6 is 0 Å². The van der Waals surface area contributed by atoms with Crippen molar-refractivity contribution in [2.24, 2.45) is 5.92 Å². The number of carbonyl (C=O) groups excluding carboxylic acids is 1. The molecular formula is C16H21N3O2. The lowest BCUT2D eigenvalue weighted by Gasteiger charge is -2.31. The van der Waals surface area contributed by atoms with Crippen molar-refractivity contribution >= 4 is 16.9 Å². The van der Waals surface area contributed by atoms with Crippen molar-refractivity contribution in [3.05, 3.63) is 30.6 Å². The average Bonchev–Trinajstić information content (AvgIpc) is 2.96. The van der Waals surface area contributed by atoms with Gasteiger partial charge < -0.3 is 14.6 Å². The Kier molecular flexibility index (Phi) is 4.20. The van der Waals surface area contributed by atoms with E-state index < -0.39 is 0 Å². The molecule has 1 saturated heterocycles. The Hall–Kier alpha value is -1.88. The van der Waals surface area contributed by atoms with Crippen LogP contribution in [0.4, 0.5) is 0 Å². The number of amides is 1. The molecule has 0 radical (unpaired) electrons. The summed E-state index contributed by atoms with van der Waals surface area (Å²) in [7, 11) is 0. The maximum atomic E-state index is 12.3. The first-order valence-electron chi connectivity index (χ1n) is 7.56. The summed E-state index contributed by atoms with van der Waals surface area (Å²) < 4.78 is 2.04. The predicted octanol–water partition coefficient (Wildman–Crippen LogP) is 1.66. The molecule has 0 spiro atoms. The van der Waals surface area contributed by atoms with E-state index in [0.29, 0.717) is 18.9 Å². The zero-order valence-electron chi connectivity index (χ0n) is 12.1. The summed E-state index contributed by atoms with van der Waals surface area (Å²) in [5, 5.41) is 9.13. The van der Waals surface area contributed by atoms with Crippen LogP contribution in [0.3, 0.4) is 0 Å². The third-order valence-corrected chi connectivity index (χ3v) is 4.32. The molecule has 0 unspecified atom stereocenters. The van der Waals surface area contributed by atoms with Gasteiger partial charge in [-0.15, -0.1) is 0 Å². The summed E-state index contributed by atoms with van der Waals surface area (Å²) in [5.41, 5.74) is 2.04. The number of aromatic nitrogens is 2. The fourth-order valence-electron chi connectivity index (χ4n) is 2.93. The lowest BCUT2D eigenvalue weighted by Crippen LogP contribution is -2.39. The summed E-state index contributed by atoms with van der Waals surface area (Å²) in [6, 6.07) is 7.96. The molecule has 2 heterocycles. The molecule has 1 aromatic carbocycles. The van der Waals surface area contributed by atoms with Gasteiger partial charge in [0.05, 0.1) is 17.4 Å². The molecule has 1 aliphatic heterocycles. The number of hydrogen-bond acceptors (Lipinski definition) is 3. The number of aliphatic hydroxyl groups excluding tert-OH is 1. The monoisotopic (exact) mass is 287 g/mol. The van der Waals surface area contributed by atoms with Crippen LogP contribution in [0.25, 0.3) is 11.0 Å². The van der Waals surface area contributed by atoms with Gasteiger partial charge in [0.1, 0.15) is 0 Å². The summed E-state index contributed by atoms with van der Waals surface area (Å²) >= 11 is 0. The van der Waals surface area contributed by atoms with Crippen LogP contribution in [0.5, 0.6) is 0 Å². The largest absolute Gasteiger partial charge is 0.396 e. The highest BCUT2D eigenvalue weighted by molar-refractivity contribution is 5.77. The molecule has 112 valence electrons. The zero-order chi connectivity index (χ0) is 14.7. The number of rotatable bonds is 4. The van der Waals surface area contributed by atoms with Crippen LogP contribution < -0.4 is 0 Å². The van der Waals surface area contributed by atoms with Gasteiger partial charge in [0.15, 0.2) is 0 Å². The van der Waals surface area contributed by atoms with Crippen LogP contribution in [-0.4, -0.2) is 45.2 Å². The molecule has 1 fully saturated rings. The van der Waals surface area contributed by atoms with Crippen molar-refractivity contribution < 1.29 is 9.90 Å². The van der Waals surface area contributed by atoms with Gasteiger partial charge in [0.2, 0.25) is 5.91 Å². The van der Waals surface area contributed by atoms with Gasteiger partial charge >= 0.3 is 0 Å². The van der Waals surface area contributed by atoms with E-state index in [1.54, 1.807) is 6.33 Å². The van der Waals surface area contributed by atoms with Gasteiger partial charge in [-0.05, 0) is 30.9 Å². The zero-order valence-corrected chi connectivity index (χ0v) is 12.1. The first kappa shape index (κ1) is 14.1. The van der Waals surface area contributed by atoms with Gasteiger partial charge in [-0.1, -0.05) is 12.1 Å². The maximum Gasteiger partial charge on any atom is 0.224 e. The summed E-state index contributed by atoms with van der Waals surface area (Å²) in [5.74, 6) is 0.566. The highest BCUT2D eigenvalue weighted by atomic mass is 16.3. The Morgan fingerprint density at radius 1 is 1.29 bits per heavy atom. The van der Waals surface area contributed by atoms with E-state index >= 15 is 0 Å².